The number of hydrogen-bond donors (Lipinski definition) is 1. The average Bonchev–Trinajstić information content (AvgIpc) is 2.35. The summed E-state index contributed by atoms with van der Waals surface area (Å²) in [5.74, 6) is 1.42. The quantitative estimate of drug-likeness (QED) is 0.828. The van der Waals surface area contributed by atoms with Crippen LogP contribution in [-0.4, -0.2) is 13.7 Å². The van der Waals surface area contributed by atoms with E-state index in [9.17, 15) is 0 Å². The first-order valence-corrected chi connectivity index (χ1v) is 6.58. The standard InChI is InChI=1S/C14H22ClNO/c1-5-10(3)14(16-6-2)12-8-7-11(15)9-13(12)17-4/h7-10,14,16H,5-6H2,1-4H3. The number of methoxy groups -OCH3 is 1. The summed E-state index contributed by atoms with van der Waals surface area (Å²) in [7, 11) is 1.69. The van der Waals surface area contributed by atoms with Crippen LogP contribution in [0.3, 0.4) is 0 Å². The van der Waals surface area contributed by atoms with Gasteiger partial charge in [0.05, 0.1) is 7.11 Å². The SMILES string of the molecule is CCNC(c1ccc(Cl)cc1OC)C(C)CC. The van der Waals surface area contributed by atoms with E-state index in [1.165, 1.54) is 5.56 Å². The summed E-state index contributed by atoms with van der Waals surface area (Å²) in [5, 5.41) is 4.23. The highest BCUT2D eigenvalue weighted by molar-refractivity contribution is 6.30. The largest absolute Gasteiger partial charge is 0.496 e. The summed E-state index contributed by atoms with van der Waals surface area (Å²) in [6.07, 6.45) is 1.13. The molecule has 17 heavy (non-hydrogen) atoms. The summed E-state index contributed by atoms with van der Waals surface area (Å²) in [6, 6.07) is 6.17. The van der Waals surface area contributed by atoms with Crippen LogP contribution in [0, 0.1) is 5.92 Å². The maximum absolute atomic E-state index is 5.99. The third kappa shape index (κ3) is 3.62. The molecule has 0 radical (unpaired) electrons. The molecule has 1 aromatic rings. The molecule has 0 aliphatic heterocycles. The van der Waals surface area contributed by atoms with Gasteiger partial charge in [-0.25, -0.2) is 0 Å². The fourth-order valence-electron chi connectivity index (χ4n) is 2.02. The van der Waals surface area contributed by atoms with E-state index in [0.717, 1.165) is 18.7 Å². The summed E-state index contributed by atoms with van der Waals surface area (Å²) in [5.41, 5.74) is 1.19. The molecule has 0 aliphatic carbocycles. The molecule has 0 aromatic heterocycles. The van der Waals surface area contributed by atoms with E-state index in [0.29, 0.717) is 17.0 Å². The number of rotatable bonds is 6. The molecule has 0 saturated heterocycles. The van der Waals surface area contributed by atoms with Crippen molar-refractivity contribution in [1.82, 2.24) is 5.32 Å². The van der Waals surface area contributed by atoms with Gasteiger partial charge in [-0.05, 0) is 24.6 Å². The van der Waals surface area contributed by atoms with Gasteiger partial charge in [0, 0.05) is 16.6 Å². The lowest BCUT2D eigenvalue weighted by Crippen LogP contribution is -2.27. The molecule has 0 amide bonds. The smallest absolute Gasteiger partial charge is 0.125 e. The van der Waals surface area contributed by atoms with Crippen LogP contribution in [0.5, 0.6) is 5.75 Å². The van der Waals surface area contributed by atoms with Crippen molar-refractivity contribution in [2.24, 2.45) is 5.92 Å². The van der Waals surface area contributed by atoms with Crippen molar-refractivity contribution in [3.8, 4) is 5.75 Å². The Morgan fingerprint density at radius 1 is 1.35 bits per heavy atom. The van der Waals surface area contributed by atoms with Crippen LogP contribution in [0.4, 0.5) is 0 Å². The Bertz CT molecular complexity index is 354. The molecule has 1 rings (SSSR count). The number of hydrogen-bond acceptors (Lipinski definition) is 2. The number of halogens is 1. The zero-order chi connectivity index (χ0) is 12.8. The van der Waals surface area contributed by atoms with Crippen LogP contribution in [-0.2, 0) is 0 Å². The van der Waals surface area contributed by atoms with Crippen molar-refractivity contribution in [2.45, 2.75) is 33.2 Å². The molecule has 3 heteroatoms. The third-order valence-corrected chi connectivity index (χ3v) is 3.40. The van der Waals surface area contributed by atoms with E-state index in [2.05, 4.69) is 32.2 Å². The zero-order valence-corrected chi connectivity index (χ0v) is 11.8. The maximum atomic E-state index is 5.99. The molecule has 2 atom stereocenters. The van der Waals surface area contributed by atoms with Gasteiger partial charge in [-0.15, -0.1) is 0 Å². The van der Waals surface area contributed by atoms with Gasteiger partial charge in [0.2, 0.25) is 0 Å². The molecule has 96 valence electrons. The van der Waals surface area contributed by atoms with Gasteiger partial charge < -0.3 is 10.1 Å². The predicted molar refractivity (Wildman–Crippen MR) is 73.9 cm³/mol. The minimum atomic E-state index is 0.317. The van der Waals surface area contributed by atoms with Gasteiger partial charge in [-0.2, -0.15) is 0 Å². The topological polar surface area (TPSA) is 21.3 Å². The lowest BCUT2D eigenvalue weighted by molar-refractivity contribution is 0.355. The second kappa shape index (κ2) is 6.87. The van der Waals surface area contributed by atoms with Crippen molar-refractivity contribution < 1.29 is 4.74 Å². The van der Waals surface area contributed by atoms with Gasteiger partial charge in [0.1, 0.15) is 5.75 Å². The highest BCUT2D eigenvalue weighted by Crippen LogP contribution is 2.33. The first kappa shape index (κ1) is 14.3. The van der Waals surface area contributed by atoms with Gasteiger partial charge in [0.15, 0.2) is 0 Å². The van der Waals surface area contributed by atoms with Crippen LogP contribution < -0.4 is 10.1 Å². The van der Waals surface area contributed by atoms with Crippen LogP contribution in [0.2, 0.25) is 5.02 Å². The lowest BCUT2D eigenvalue weighted by atomic mass is 9.92. The summed E-state index contributed by atoms with van der Waals surface area (Å²) in [4.78, 5) is 0. The van der Waals surface area contributed by atoms with E-state index in [-0.39, 0.29) is 0 Å². The molecule has 1 N–H and O–H groups in total. The van der Waals surface area contributed by atoms with Crippen LogP contribution >= 0.6 is 11.6 Å². The fourth-order valence-corrected chi connectivity index (χ4v) is 2.18. The molecule has 2 nitrogen and oxygen atoms in total. The molecule has 0 fully saturated rings. The van der Waals surface area contributed by atoms with E-state index >= 15 is 0 Å². The van der Waals surface area contributed by atoms with E-state index in [1.807, 2.05) is 12.1 Å². The van der Waals surface area contributed by atoms with Gasteiger partial charge in [-0.3, -0.25) is 0 Å². The lowest BCUT2D eigenvalue weighted by Gasteiger charge is -2.26. The zero-order valence-electron chi connectivity index (χ0n) is 11.1. The average molecular weight is 256 g/mol. The Morgan fingerprint density at radius 2 is 2.06 bits per heavy atom. The minimum absolute atomic E-state index is 0.317. The summed E-state index contributed by atoms with van der Waals surface area (Å²) in [6.45, 7) is 7.53. The number of benzene rings is 1. The predicted octanol–water partition coefficient (Wildman–Crippen LogP) is 4.05. The van der Waals surface area contributed by atoms with Crippen LogP contribution in [0.15, 0.2) is 18.2 Å². The molecule has 2 unspecified atom stereocenters. The Kier molecular flexibility index (Phi) is 5.79. The molecule has 0 spiro atoms. The minimum Gasteiger partial charge on any atom is -0.496 e. The Morgan fingerprint density at radius 3 is 2.59 bits per heavy atom. The normalized spacial score (nSPS) is 14.4. The third-order valence-electron chi connectivity index (χ3n) is 3.17. The molecule has 1 aromatic carbocycles. The van der Waals surface area contributed by atoms with Crippen LogP contribution in [0.1, 0.15) is 38.8 Å². The van der Waals surface area contributed by atoms with E-state index in [4.69, 9.17) is 16.3 Å². The van der Waals surface area contributed by atoms with E-state index in [1.54, 1.807) is 7.11 Å². The second-order valence-corrected chi connectivity index (χ2v) is 4.74. The van der Waals surface area contributed by atoms with Crippen molar-refractivity contribution >= 4 is 11.6 Å². The first-order valence-electron chi connectivity index (χ1n) is 6.20. The Balaban J connectivity index is 3.08. The molecule has 0 heterocycles. The number of ether oxygens (including phenoxy) is 1. The van der Waals surface area contributed by atoms with Crippen molar-refractivity contribution in [2.75, 3.05) is 13.7 Å². The summed E-state index contributed by atoms with van der Waals surface area (Å²) < 4.78 is 5.42. The van der Waals surface area contributed by atoms with Gasteiger partial charge >= 0.3 is 0 Å². The van der Waals surface area contributed by atoms with Crippen molar-refractivity contribution in [3.63, 3.8) is 0 Å². The highest BCUT2D eigenvalue weighted by atomic mass is 35.5. The fraction of sp³-hybridized carbons (Fsp3) is 0.571. The van der Waals surface area contributed by atoms with Gasteiger partial charge in [-0.1, -0.05) is 44.9 Å². The Labute approximate surface area is 109 Å². The maximum Gasteiger partial charge on any atom is 0.125 e. The Hall–Kier alpha value is -0.730. The van der Waals surface area contributed by atoms with Crippen LogP contribution in [0.25, 0.3) is 0 Å². The molecule has 0 saturated carbocycles. The van der Waals surface area contributed by atoms with Crippen molar-refractivity contribution in [3.05, 3.63) is 28.8 Å². The van der Waals surface area contributed by atoms with Crippen molar-refractivity contribution in [1.29, 1.82) is 0 Å². The first-order chi connectivity index (χ1) is 8.13. The van der Waals surface area contributed by atoms with E-state index < -0.39 is 0 Å². The molecule has 0 bridgehead atoms. The molecular formula is C14H22ClNO. The monoisotopic (exact) mass is 255 g/mol. The summed E-state index contributed by atoms with van der Waals surface area (Å²) >= 11 is 5.99. The second-order valence-electron chi connectivity index (χ2n) is 4.31. The highest BCUT2D eigenvalue weighted by Gasteiger charge is 2.20. The number of nitrogens with one attached hydrogen (secondary N) is 1. The molecular weight excluding hydrogens is 234 g/mol. The van der Waals surface area contributed by atoms with Gasteiger partial charge in [0.25, 0.3) is 0 Å². The molecule has 0 aliphatic rings.